The average Bonchev–Trinajstić information content (AvgIpc) is 3.36. The Morgan fingerprint density at radius 1 is 0.860 bits per heavy atom. The molecule has 1 aliphatic heterocycles. The molecule has 1 aliphatic carbocycles. The summed E-state index contributed by atoms with van der Waals surface area (Å²) in [6, 6.07) is 23.7. The first-order valence-corrected chi connectivity index (χ1v) is 14.8. The largest absolute Gasteiger partial charge is 0.448 e. The Morgan fingerprint density at radius 2 is 1.49 bits per heavy atom. The molecule has 2 aliphatic rings. The van der Waals surface area contributed by atoms with Crippen molar-refractivity contribution in [1.29, 1.82) is 0 Å². The zero-order valence-corrected chi connectivity index (χ0v) is 24.7. The number of nitrogens with two attached hydrogens (primary N) is 1. The number of rotatable bonds is 11. The lowest BCUT2D eigenvalue weighted by atomic mass is 9.98. The van der Waals surface area contributed by atoms with E-state index in [4.69, 9.17) is 19.9 Å². The molecule has 1 saturated heterocycles. The number of benzene rings is 3. The van der Waals surface area contributed by atoms with Crippen molar-refractivity contribution in [3.8, 4) is 11.1 Å². The van der Waals surface area contributed by atoms with Crippen molar-refractivity contribution in [2.24, 2.45) is 5.73 Å². The van der Waals surface area contributed by atoms with Gasteiger partial charge >= 0.3 is 6.09 Å². The summed E-state index contributed by atoms with van der Waals surface area (Å²) in [4.78, 5) is 42.5. The zero-order chi connectivity index (χ0) is 30.3. The third kappa shape index (κ3) is 6.89. The van der Waals surface area contributed by atoms with Crippen molar-refractivity contribution < 1.29 is 28.6 Å². The minimum Gasteiger partial charge on any atom is -0.448 e. The fraction of sp³-hybridized carbons (Fsp3) is 0.382. The number of ether oxygens (including phenoxy) is 3. The van der Waals surface area contributed by atoms with E-state index in [-0.39, 0.29) is 25.6 Å². The maximum Gasteiger partial charge on any atom is 0.410 e. The lowest BCUT2D eigenvalue weighted by molar-refractivity contribution is -0.175. The molecule has 43 heavy (non-hydrogen) atoms. The van der Waals surface area contributed by atoms with Crippen LogP contribution in [-0.4, -0.2) is 80.0 Å². The normalized spacial score (nSPS) is 17.3. The van der Waals surface area contributed by atoms with E-state index in [2.05, 4.69) is 24.3 Å². The highest BCUT2D eigenvalue weighted by Gasteiger charge is 2.36. The van der Waals surface area contributed by atoms with Crippen LogP contribution < -0.4 is 5.73 Å². The van der Waals surface area contributed by atoms with Crippen LogP contribution in [0, 0.1) is 0 Å². The molecule has 0 saturated carbocycles. The van der Waals surface area contributed by atoms with Gasteiger partial charge in [-0.25, -0.2) is 4.79 Å². The summed E-state index contributed by atoms with van der Waals surface area (Å²) in [5.41, 5.74) is 11.0. The third-order valence-corrected chi connectivity index (χ3v) is 8.37. The molecule has 3 aromatic carbocycles. The highest BCUT2D eigenvalue weighted by Crippen LogP contribution is 2.44. The van der Waals surface area contributed by atoms with Crippen LogP contribution in [-0.2, 0) is 30.2 Å². The fourth-order valence-corrected chi connectivity index (χ4v) is 5.86. The highest BCUT2D eigenvalue weighted by molar-refractivity contribution is 5.91. The molecule has 5 rings (SSSR count). The number of primary amides is 1. The lowest BCUT2D eigenvalue weighted by Gasteiger charge is -2.34. The first-order valence-electron chi connectivity index (χ1n) is 14.8. The second-order valence-electron chi connectivity index (χ2n) is 11.1. The Labute approximate surface area is 252 Å². The molecule has 0 bridgehead atoms. The first-order chi connectivity index (χ1) is 20.8. The summed E-state index contributed by atoms with van der Waals surface area (Å²) in [5.74, 6) is -1.26. The van der Waals surface area contributed by atoms with Crippen LogP contribution in [0.25, 0.3) is 11.1 Å². The van der Waals surface area contributed by atoms with E-state index >= 15 is 0 Å². The number of carbonyl (C=O) groups excluding carboxylic acids is 3. The summed E-state index contributed by atoms with van der Waals surface area (Å²) in [6.07, 6.45) is 1.79. The Morgan fingerprint density at radius 3 is 2.09 bits per heavy atom. The molecule has 226 valence electrons. The predicted molar refractivity (Wildman–Crippen MR) is 162 cm³/mol. The Hall–Kier alpha value is -4.21. The molecule has 0 aromatic heterocycles. The van der Waals surface area contributed by atoms with Crippen molar-refractivity contribution in [2.75, 3.05) is 33.9 Å². The molecule has 1 heterocycles. The van der Waals surface area contributed by atoms with Crippen molar-refractivity contribution in [3.63, 3.8) is 0 Å². The van der Waals surface area contributed by atoms with Gasteiger partial charge < -0.3 is 24.8 Å². The van der Waals surface area contributed by atoms with Gasteiger partial charge in [-0.15, -0.1) is 0 Å². The van der Waals surface area contributed by atoms with Gasteiger partial charge in [0.25, 0.3) is 0 Å². The molecule has 3 amide bonds. The van der Waals surface area contributed by atoms with Gasteiger partial charge in [0, 0.05) is 33.0 Å². The SMILES string of the molecule is CN(C(=O)OCC1c2ccccc2-c2ccccc21)[C@@H](Cc1ccccc1)C(=O)N(C)[C@@H](COC1CCCCO1)C(N)=O. The van der Waals surface area contributed by atoms with Crippen LogP contribution in [0.2, 0.25) is 0 Å². The van der Waals surface area contributed by atoms with Gasteiger partial charge in [-0.2, -0.15) is 0 Å². The first kappa shape index (κ1) is 30.3. The molecular weight excluding hydrogens is 546 g/mol. The van der Waals surface area contributed by atoms with Gasteiger partial charge in [0.15, 0.2) is 6.29 Å². The van der Waals surface area contributed by atoms with Crippen LogP contribution in [0.3, 0.4) is 0 Å². The maximum atomic E-state index is 14.0. The van der Waals surface area contributed by atoms with Crippen LogP contribution in [0.4, 0.5) is 4.79 Å². The van der Waals surface area contributed by atoms with E-state index in [1.165, 1.54) is 16.8 Å². The fourth-order valence-electron chi connectivity index (χ4n) is 5.86. The second-order valence-corrected chi connectivity index (χ2v) is 11.1. The Bertz CT molecular complexity index is 1380. The Kier molecular flexibility index (Phi) is 9.74. The van der Waals surface area contributed by atoms with Gasteiger partial charge in [0.1, 0.15) is 18.7 Å². The Balaban J connectivity index is 1.31. The van der Waals surface area contributed by atoms with Gasteiger partial charge in [-0.3, -0.25) is 14.5 Å². The van der Waals surface area contributed by atoms with E-state index < -0.39 is 36.3 Å². The summed E-state index contributed by atoms with van der Waals surface area (Å²) >= 11 is 0. The quantitative estimate of drug-likeness (QED) is 0.359. The monoisotopic (exact) mass is 585 g/mol. The maximum absolute atomic E-state index is 14.0. The van der Waals surface area contributed by atoms with Gasteiger partial charge in [-0.1, -0.05) is 78.9 Å². The van der Waals surface area contributed by atoms with Gasteiger partial charge in [-0.05, 0) is 47.1 Å². The molecule has 1 unspecified atom stereocenters. The molecule has 2 N–H and O–H groups in total. The van der Waals surface area contributed by atoms with Crippen LogP contribution >= 0.6 is 0 Å². The molecule has 9 heteroatoms. The summed E-state index contributed by atoms with van der Waals surface area (Å²) < 4.78 is 17.3. The average molecular weight is 586 g/mol. The molecule has 9 nitrogen and oxygen atoms in total. The number of nitrogens with zero attached hydrogens (tertiary/aromatic N) is 2. The van der Waals surface area contributed by atoms with Crippen molar-refractivity contribution in [3.05, 3.63) is 95.6 Å². The lowest BCUT2D eigenvalue weighted by Crippen LogP contribution is -2.56. The molecule has 0 spiro atoms. The standard InChI is InChI=1S/C34H39N3O6/c1-36(30(32(35)38)22-42-31-18-10-11-19-41-31)33(39)29(20-23-12-4-3-5-13-23)37(2)34(40)43-21-28-26-16-8-6-14-24(26)25-15-7-9-17-27(25)28/h3-9,12-17,28-31H,10-11,18-22H2,1-2H3,(H2,35,38)/t29-,30-,31?/m0/s1. The molecule has 1 fully saturated rings. The summed E-state index contributed by atoms with van der Waals surface area (Å²) in [7, 11) is 3.05. The van der Waals surface area contributed by atoms with Crippen molar-refractivity contribution >= 4 is 17.9 Å². The number of likely N-dealkylation sites (N-methyl/N-ethyl adjacent to an activating group) is 2. The number of fused-ring (bicyclic) bond motifs is 3. The van der Waals surface area contributed by atoms with E-state index in [0.29, 0.717) is 13.0 Å². The molecule has 3 aromatic rings. The minimum atomic E-state index is -1.03. The van der Waals surface area contributed by atoms with Gasteiger partial charge in [0.05, 0.1) is 6.61 Å². The summed E-state index contributed by atoms with van der Waals surface area (Å²) in [5, 5.41) is 0. The highest BCUT2D eigenvalue weighted by atomic mass is 16.7. The number of hydrogen-bond donors (Lipinski definition) is 1. The smallest absolute Gasteiger partial charge is 0.410 e. The van der Waals surface area contributed by atoms with E-state index in [9.17, 15) is 14.4 Å². The van der Waals surface area contributed by atoms with Crippen molar-refractivity contribution in [1.82, 2.24) is 9.80 Å². The zero-order valence-electron chi connectivity index (χ0n) is 24.7. The van der Waals surface area contributed by atoms with Crippen LogP contribution in [0.1, 0.15) is 41.9 Å². The van der Waals surface area contributed by atoms with Gasteiger partial charge in [0.2, 0.25) is 11.8 Å². The molecule has 3 atom stereocenters. The van der Waals surface area contributed by atoms with Crippen molar-refractivity contribution in [2.45, 2.75) is 50.0 Å². The van der Waals surface area contributed by atoms with E-state index in [1.54, 1.807) is 7.05 Å². The molecular formula is C34H39N3O6. The van der Waals surface area contributed by atoms with E-state index in [1.807, 2.05) is 54.6 Å². The third-order valence-electron chi connectivity index (χ3n) is 8.37. The minimum absolute atomic E-state index is 0.102. The van der Waals surface area contributed by atoms with Crippen LogP contribution in [0.5, 0.6) is 0 Å². The number of amides is 3. The van der Waals surface area contributed by atoms with Crippen LogP contribution in [0.15, 0.2) is 78.9 Å². The number of hydrogen-bond acceptors (Lipinski definition) is 6. The predicted octanol–water partition coefficient (Wildman–Crippen LogP) is 4.33. The topological polar surface area (TPSA) is 111 Å². The van der Waals surface area contributed by atoms with E-state index in [0.717, 1.165) is 40.7 Å². The molecule has 0 radical (unpaired) electrons. The second kappa shape index (κ2) is 13.8. The number of carbonyl (C=O) groups is 3. The summed E-state index contributed by atoms with van der Waals surface area (Å²) in [6.45, 7) is 0.609.